The third-order valence-corrected chi connectivity index (χ3v) is 5.16. The first-order valence-electron chi connectivity index (χ1n) is 9.43. The zero-order valence-electron chi connectivity index (χ0n) is 15.4. The molecule has 0 aromatic heterocycles. The molecule has 0 spiro atoms. The van der Waals surface area contributed by atoms with Gasteiger partial charge in [-0.1, -0.05) is 0 Å². The van der Waals surface area contributed by atoms with Crippen molar-refractivity contribution in [1.82, 2.24) is 14.7 Å². The van der Waals surface area contributed by atoms with Crippen molar-refractivity contribution in [2.75, 3.05) is 39.3 Å². The quantitative estimate of drug-likeness (QED) is 0.800. The zero-order valence-corrected chi connectivity index (χ0v) is 15.4. The number of amides is 3. The lowest BCUT2D eigenvalue weighted by atomic mass is 10.1. The van der Waals surface area contributed by atoms with E-state index in [1.807, 2.05) is 6.07 Å². The molecule has 0 saturated carbocycles. The number of hydrogen-bond acceptors (Lipinski definition) is 4. The Morgan fingerprint density at radius 2 is 1.67 bits per heavy atom. The maximum atomic E-state index is 12.7. The minimum atomic E-state index is -0.0727. The predicted molar refractivity (Wildman–Crippen MR) is 98.7 cm³/mol. The number of nitrogens with zero attached hydrogens (tertiary/aromatic N) is 4. The zero-order chi connectivity index (χ0) is 19.2. The molecule has 2 aliphatic rings. The Bertz CT molecular complexity index is 753. The van der Waals surface area contributed by atoms with Crippen LogP contribution in [-0.4, -0.2) is 71.7 Å². The highest BCUT2D eigenvalue weighted by atomic mass is 16.2. The van der Waals surface area contributed by atoms with Gasteiger partial charge in [-0.2, -0.15) is 5.26 Å². The van der Waals surface area contributed by atoms with E-state index < -0.39 is 0 Å². The monoisotopic (exact) mass is 368 g/mol. The van der Waals surface area contributed by atoms with Gasteiger partial charge in [0, 0.05) is 57.7 Å². The lowest BCUT2D eigenvalue weighted by Gasteiger charge is -2.23. The van der Waals surface area contributed by atoms with E-state index in [9.17, 15) is 14.4 Å². The molecule has 3 amide bonds. The Balaban J connectivity index is 1.51. The Labute approximate surface area is 159 Å². The van der Waals surface area contributed by atoms with E-state index in [0.717, 1.165) is 19.4 Å². The van der Waals surface area contributed by atoms with E-state index in [1.54, 1.807) is 39.0 Å². The molecule has 0 bridgehead atoms. The van der Waals surface area contributed by atoms with Gasteiger partial charge >= 0.3 is 0 Å². The summed E-state index contributed by atoms with van der Waals surface area (Å²) in [5.41, 5.74) is 1.08. The second kappa shape index (κ2) is 8.67. The van der Waals surface area contributed by atoms with Crippen molar-refractivity contribution >= 4 is 17.7 Å². The molecule has 7 heteroatoms. The molecule has 0 aliphatic carbocycles. The number of carbonyl (C=O) groups is 3. The van der Waals surface area contributed by atoms with Crippen LogP contribution in [0.15, 0.2) is 24.3 Å². The summed E-state index contributed by atoms with van der Waals surface area (Å²) in [5, 5.41) is 8.86. The van der Waals surface area contributed by atoms with Crippen LogP contribution in [0.25, 0.3) is 0 Å². The largest absolute Gasteiger partial charge is 0.342 e. The Kier molecular flexibility index (Phi) is 6.07. The van der Waals surface area contributed by atoms with Gasteiger partial charge in [0.15, 0.2) is 0 Å². The maximum Gasteiger partial charge on any atom is 0.253 e. The van der Waals surface area contributed by atoms with Crippen LogP contribution in [0.1, 0.15) is 41.6 Å². The van der Waals surface area contributed by atoms with Crippen LogP contribution in [0.5, 0.6) is 0 Å². The van der Waals surface area contributed by atoms with E-state index >= 15 is 0 Å². The molecule has 142 valence electrons. The van der Waals surface area contributed by atoms with Crippen LogP contribution < -0.4 is 0 Å². The van der Waals surface area contributed by atoms with Crippen molar-refractivity contribution in [3.63, 3.8) is 0 Å². The highest BCUT2D eigenvalue weighted by molar-refractivity contribution is 5.94. The van der Waals surface area contributed by atoms with Gasteiger partial charge in [-0.05, 0) is 37.1 Å². The van der Waals surface area contributed by atoms with Crippen LogP contribution in [0.4, 0.5) is 0 Å². The summed E-state index contributed by atoms with van der Waals surface area (Å²) in [7, 11) is 0. The van der Waals surface area contributed by atoms with Gasteiger partial charge in [-0.15, -0.1) is 0 Å². The fourth-order valence-electron chi connectivity index (χ4n) is 3.57. The van der Waals surface area contributed by atoms with Gasteiger partial charge in [0.1, 0.15) is 0 Å². The number of hydrogen-bond donors (Lipinski definition) is 0. The summed E-state index contributed by atoms with van der Waals surface area (Å²) >= 11 is 0. The van der Waals surface area contributed by atoms with Gasteiger partial charge in [-0.3, -0.25) is 14.4 Å². The van der Waals surface area contributed by atoms with Crippen molar-refractivity contribution < 1.29 is 14.4 Å². The number of carbonyl (C=O) groups excluding carboxylic acids is 3. The molecule has 0 N–H and O–H groups in total. The van der Waals surface area contributed by atoms with E-state index in [1.165, 1.54) is 0 Å². The van der Waals surface area contributed by atoms with Crippen LogP contribution in [-0.2, 0) is 9.59 Å². The van der Waals surface area contributed by atoms with Crippen molar-refractivity contribution in [2.45, 2.75) is 25.7 Å². The lowest BCUT2D eigenvalue weighted by Crippen LogP contribution is -2.38. The number of likely N-dealkylation sites (tertiary alicyclic amines) is 1. The SMILES string of the molecule is N#Cc1ccc(C(=O)N2CCCN(C(=O)CCN3CCCC3=O)CC2)cc1. The lowest BCUT2D eigenvalue weighted by molar-refractivity contribution is -0.132. The first-order chi connectivity index (χ1) is 13.1. The Morgan fingerprint density at radius 3 is 2.33 bits per heavy atom. The summed E-state index contributed by atoms with van der Waals surface area (Å²) in [6.07, 6.45) is 2.54. The van der Waals surface area contributed by atoms with Crippen molar-refractivity contribution in [2.24, 2.45) is 0 Å². The van der Waals surface area contributed by atoms with E-state index in [4.69, 9.17) is 5.26 Å². The van der Waals surface area contributed by atoms with Gasteiger partial charge in [-0.25, -0.2) is 0 Å². The van der Waals surface area contributed by atoms with Gasteiger partial charge < -0.3 is 14.7 Å². The summed E-state index contributed by atoms with van der Waals surface area (Å²) in [5.74, 6) is 0.108. The molecule has 0 unspecified atom stereocenters. The highest BCUT2D eigenvalue weighted by Gasteiger charge is 2.25. The van der Waals surface area contributed by atoms with Crippen LogP contribution in [0, 0.1) is 11.3 Å². The van der Waals surface area contributed by atoms with E-state index in [0.29, 0.717) is 56.7 Å². The third kappa shape index (κ3) is 4.64. The van der Waals surface area contributed by atoms with Crippen molar-refractivity contribution in [3.8, 4) is 6.07 Å². The van der Waals surface area contributed by atoms with Gasteiger partial charge in [0.2, 0.25) is 11.8 Å². The van der Waals surface area contributed by atoms with Crippen LogP contribution >= 0.6 is 0 Å². The number of rotatable bonds is 4. The molecule has 0 atom stereocenters. The average molecular weight is 368 g/mol. The minimum absolute atomic E-state index is 0.0439. The molecule has 2 fully saturated rings. The molecule has 2 saturated heterocycles. The number of nitriles is 1. The summed E-state index contributed by atoms with van der Waals surface area (Å²) in [4.78, 5) is 42.1. The molecular weight excluding hydrogens is 344 g/mol. The molecule has 3 rings (SSSR count). The smallest absolute Gasteiger partial charge is 0.253 e. The third-order valence-electron chi connectivity index (χ3n) is 5.16. The summed E-state index contributed by atoms with van der Waals surface area (Å²) < 4.78 is 0. The second-order valence-corrected chi connectivity index (χ2v) is 6.95. The molecule has 1 aromatic rings. The summed E-state index contributed by atoms with van der Waals surface area (Å²) in [6, 6.07) is 8.66. The van der Waals surface area contributed by atoms with Gasteiger partial charge in [0.25, 0.3) is 5.91 Å². The minimum Gasteiger partial charge on any atom is -0.342 e. The maximum absolute atomic E-state index is 12.7. The van der Waals surface area contributed by atoms with Gasteiger partial charge in [0.05, 0.1) is 11.6 Å². The molecule has 2 heterocycles. The normalized spacial score (nSPS) is 17.6. The van der Waals surface area contributed by atoms with Crippen LogP contribution in [0.2, 0.25) is 0 Å². The second-order valence-electron chi connectivity index (χ2n) is 6.95. The Hall–Kier alpha value is -2.88. The first kappa shape index (κ1) is 18.9. The topological polar surface area (TPSA) is 84.7 Å². The molecule has 7 nitrogen and oxygen atoms in total. The van der Waals surface area contributed by atoms with Crippen molar-refractivity contribution in [3.05, 3.63) is 35.4 Å². The average Bonchev–Trinajstić information content (AvgIpc) is 2.95. The first-order valence-corrected chi connectivity index (χ1v) is 9.43. The standard InChI is InChI=1S/C20H24N4O3/c21-15-16-4-6-17(7-5-16)20(27)24-11-2-10-23(13-14-24)19(26)8-12-22-9-1-3-18(22)25/h4-7H,1-3,8-14H2. The molecular formula is C20H24N4O3. The van der Waals surface area contributed by atoms with E-state index in [-0.39, 0.29) is 17.7 Å². The Morgan fingerprint density at radius 1 is 0.963 bits per heavy atom. The van der Waals surface area contributed by atoms with E-state index in [2.05, 4.69) is 0 Å². The molecule has 27 heavy (non-hydrogen) atoms. The fraction of sp³-hybridized carbons (Fsp3) is 0.500. The number of benzene rings is 1. The highest BCUT2D eigenvalue weighted by Crippen LogP contribution is 2.13. The van der Waals surface area contributed by atoms with Crippen LogP contribution in [0.3, 0.4) is 0 Å². The predicted octanol–water partition coefficient (Wildman–Crippen LogP) is 1.25. The summed E-state index contributed by atoms with van der Waals surface area (Å²) in [6.45, 7) is 3.47. The molecule has 0 radical (unpaired) electrons. The molecule has 1 aromatic carbocycles. The molecule has 2 aliphatic heterocycles. The van der Waals surface area contributed by atoms with Crippen molar-refractivity contribution in [1.29, 1.82) is 5.26 Å². The fourth-order valence-corrected chi connectivity index (χ4v) is 3.57.